The molecule has 2 heterocycles. The number of carbonyl (C=O) groups is 1. The highest BCUT2D eigenvalue weighted by Crippen LogP contribution is 2.31. The van der Waals surface area contributed by atoms with Crippen molar-refractivity contribution >= 4 is 28.8 Å². The van der Waals surface area contributed by atoms with Crippen molar-refractivity contribution in [2.24, 2.45) is 0 Å². The zero-order valence-electron chi connectivity index (χ0n) is 14.8. The highest BCUT2D eigenvalue weighted by molar-refractivity contribution is 7.09. The fourth-order valence-corrected chi connectivity index (χ4v) is 3.42. The minimum atomic E-state index is -0.500. The van der Waals surface area contributed by atoms with Gasteiger partial charge in [0.1, 0.15) is 10.6 Å². The monoisotopic (exact) mass is 360 g/mol. The van der Waals surface area contributed by atoms with Gasteiger partial charge in [-0.15, -0.1) is 11.3 Å². The van der Waals surface area contributed by atoms with E-state index in [-0.39, 0.29) is 6.09 Å². The normalized spacial score (nSPS) is 14.1. The van der Waals surface area contributed by atoms with Gasteiger partial charge in [-0.25, -0.2) is 9.78 Å². The van der Waals surface area contributed by atoms with E-state index in [9.17, 15) is 4.79 Å². The molecule has 1 aromatic heterocycles. The number of benzene rings is 1. The Labute approximate surface area is 152 Å². The smallest absolute Gasteiger partial charge is 0.410 e. The topological polar surface area (TPSA) is 80.5 Å². The molecule has 0 atom stereocenters. The van der Waals surface area contributed by atoms with E-state index in [1.54, 1.807) is 22.4 Å². The van der Waals surface area contributed by atoms with Crippen LogP contribution in [-0.2, 0) is 24.2 Å². The number of nitrogen functional groups attached to an aromatic ring is 1. The van der Waals surface area contributed by atoms with Crippen molar-refractivity contribution in [2.45, 2.75) is 45.9 Å². The van der Waals surface area contributed by atoms with E-state index in [2.05, 4.69) is 10.3 Å². The number of hydrogen-bond donors (Lipinski definition) is 2. The van der Waals surface area contributed by atoms with E-state index in [0.717, 1.165) is 22.7 Å². The van der Waals surface area contributed by atoms with Gasteiger partial charge >= 0.3 is 6.09 Å². The van der Waals surface area contributed by atoms with Gasteiger partial charge in [-0.2, -0.15) is 0 Å². The molecular formula is C18H24N4O2S. The van der Waals surface area contributed by atoms with E-state index >= 15 is 0 Å². The summed E-state index contributed by atoms with van der Waals surface area (Å²) in [5.74, 6) is 0. The number of nitrogens with zero attached hydrogens (tertiary/aromatic N) is 2. The van der Waals surface area contributed by atoms with E-state index < -0.39 is 5.60 Å². The van der Waals surface area contributed by atoms with Gasteiger partial charge in [-0.1, -0.05) is 0 Å². The molecule has 25 heavy (non-hydrogen) atoms. The number of carbonyl (C=O) groups excluding carboxylic acids is 1. The molecule has 0 bridgehead atoms. The average molecular weight is 360 g/mol. The zero-order chi connectivity index (χ0) is 18.0. The standard InChI is InChI=1S/C18H24N4O2S/c1-18(2,3)24-17(23)22-8-6-12-13(11-22)14(19)4-5-15(12)21-10-16-20-7-9-25-16/h4-5,7,9,21H,6,8,10-11,19H2,1-3H3. The Morgan fingerprint density at radius 2 is 2.20 bits per heavy atom. The number of thiazole rings is 1. The lowest BCUT2D eigenvalue weighted by Crippen LogP contribution is -2.40. The SMILES string of the molecule is CC(C)(C)OC(=O)N1CCc2c(NCc3nccs3)ccc(N)c2C1. The second-order valence-corrected chi connectivity index (χ2v) is 8.07. The Hall–Kier alpha value is -2.28. The highest BCUT2D eigenvalue weighted by Gasteiger charge is 2.27. The van der Waals surface area contributed by atoms with Crippen LogP contribution in [0.25, 0.3) is 0 Å². The molecule has 0 unspecified atom stereocenters. The summed E-state index contributed by atoms with van der Waals surface area (Å²) in [4.78, 5) is 18.4. The molecule has 0 radical (unpaired) electrons. The molecule has 0 fully saturated rings. The van der Waals surface area contributed by atoms with Crippen LogP contribution in [0.4, 0.5) is 16.2 Å². The molecule has 0 saturated carbocycles. The molecular weight excluding hydrogens is 336 g/mol. The van der Waals surface area contributed by atoms with Crippen molar-refractivity contribution in [3.8, 4) is 0 Å². The number of anilines is 2. The van der Waals surface area contributed by atoms with Gasteiger partial charge in [0.25, 0.3) is 0 Å². The van der Waals surface area contributed by atoms with Crippen LogP contribution in [0, 0.1) is 0 Å². The molecule has 1 aliphatic rings. The Morgan fingerprint density at radius 1 is 1.40 bits per heavy atom. The first kappa shape index (κ1) is 17.5. The predicted octanol–water partition coefficient (Wildman–Crippen LogP) is 3.63. The summed E-state index contributed by atoms with van der Waals surface area (Å²) in [6, 6.07) is 3.90. The van der Waals surface area contributed by atoms with Gasteiger partial charge in [0, 0.05) is 29.5 Å². The Balaban J connectivity index is 1.75. The Kier molecular flexibility index (Phi) is 4.85. The first-order chi connectivity index (χ1) is 11.8. The number of fused-ring (bicyclic) bond motifs is 1. The third kappa shape index (κ3) is 4.22. The third-order valence-electron chi connectivity index (χ3n) is 4.01. The molecule has 1 aromatic carbocycles. The molecule has 1 aliphatic heterocycles. The lowest BCUT2D eigenvalue weighted by Gasteiger charge is -2.32. The van der Waals surface area contributed by atoms with Crippen LogP contribution >= 0.6 is 11.3 Å². The summed E-state index contributed by atoms with van der Waals surface area (Å²) in [5.41, 5.74) is 9.62. The summed E-state index contributed by atoms with van der Waals surface area (Å²) in [6.45, 7) is 7.40. The third-order valence-corrected chi connectivity index (χ3v) is 4.79. The van der Waals surface area contributed by atoms with Crippen molar-refractivity contribution in [2.75, 3.05) is 17.6 Å². The number of nitrogens with one attached hydrogen (secondary N) is 1. The Morgan fingerprint density at radius 3 is 2.88 bits per heavy atom. The summed E-state index contributed by atoms with van der Waals surface area (Å²) in [7, 11) is 0. The molecule has 1 amide bonds. The quantitative estimate of drug-likeness (QED) is 0.817. The number of aromatic nitrogens is 1. The predicted molar refractivity (Wildman–Crippen MR) is 101 cm³/mol. The molecule has 0 spiro atoms. The zero-order valence-corrected chi connectivity index (χ0v) is 15.7. The molecule has 0 aliphatic carbocycles. The van der Waals surface area contributed by atoms with E-state index in [1.165, 1.54) is 5.56 Å². The Bertz CT molecular complexity index is 753. The number of ether oxygens (including phenoxy) is 1. The highest BCUT2D eigenvalue weighted by atomic mass is 32.1. The maximum absolute atomic E-state index is 12.3. The van der Waals surface area contributed by atoms with Crippen LogP contribution in [0.1, 0.15) is 36.9 Å². The number of hydrogen-bond acceptors (Lipinski definition) is 6. The van der Waals surface area contributed by atoms with E-state index in [1.807, 2.05) is 38.3 Å². The molecule has 6 nitrogen and oxygen atoms in total. The fourth-order valence-electron chi connectivity index (χ4n) is 2.86. The summed E-state index contributed by atoms with van der Waals surface area (Å²) in [5, 5.41) is 6.45. The first-order valence-electron chi connectivity index (χ1n) is 8.34. The van der Waals surface area contributed by atoms with Crippen LogP contribution in [0.2, 0.25) is 0 Å². The van der Waals surface area contributed by atoms with Crippen LogP contribution in [0.5, 0.6) is 0 Å². The largest absolute Gasteiger partial charge is 0.444 e. The van der Waals surface area contributed by atoms with Gasteiger partial charge in [0.2, 0.25) is 0 Å². The van der Waals surface area contributed by atoms with Crippen molar-refractivity contribution in [3.63, 3.8) is 0 Å². The fraction of sp³-hybridized carbons (Fsp3) is 0.444. The van der Waals surface area contributed by atoms with Crippen molar-refractivity contribution < 1.29 is 9.53 Å². The van der Waals surface area contributed by atoms with Crippen molar-refractivity contribution in [1.29, 1.82) is 0 Å². The molecule has 7 heteroatoms. The second kappa shape index (κ2) is 6.92. The maximum Gasteiger partial charge on any atom is 0.410 e. The minimum Gasteiger partial charge on any atom is -0.444 e. The van der Waals surface area contributed by atoms with Gasteiger partial charge in [0.05, 0.1) is 13.1 Å². The number of nitrogens with two attached hydrogens (primary N) is 1. The van der Waals surface area contributed by atoms with Crippen LogP contribution < -0.4 is 11.1 Å². The van der Waals surface area contributed by atoms with Gasteiger partial charge in [-0.3, -0.25) is 0 Å². The molecule has 134 valence electrons. The molecule has 3 N–H and O–H groups in total. The van der Waals surface area contributed by atoms with Gasteiger partial charge in [-0.05, 0) is 50.5 Å². The van der Waals surface area contributed by atoms with Crippen molar-refractivity contribution in [3.05, 3.63) is 39.8 Å². The van der Waals surface area contributed by atoms with Gasteiger partial charge < -0.3 is 20.7 Å². The van der Waals surface area contributed by atoms with E-state index in [4.69, 9.17) is 10.5 Å². The van der Waals surface area contributed by atoms with E-state index in [0.29, 0.717) is 25.3 Å². The average Bonchev–Trinajstić information content (AvgIpc) is 3.06. The first-order valence-corrected chi connectivity index (χ1v) is 9.22. The number of amides is 1. The van der Waals surface area contributed by atoms with Gasteiger partial charge in [0.15, 0.2) is 0 Å². The molecule has 2 aromatic rings. The lowest BCUT2D eigenvalue weighted by molar-refractivity contribution is 0.0224. The minimum absolute atomic E-state index is 0.293. The summed E-state index contributed by atoms with van der Waals surface area (Å²) < 4.78 is 5.48. The molecule has 3 rings (SSSR count). The maximum atomic E-state index is 12.3. The second-order valence-electron chi connectivity index (χ2n) is 7.09. The van der Waals surface area contributed by atoms with Crippen LogP contribution in [-0.4, -0.2) is 28.1 Å². The summed E-state index contributed by atoms with van der Waals surface area (Å²) in [6.07, 6.45) is 2.26. The number of rotatable bonds is 3. The van der Waals surface area contributed by atoms with Crippen molar-refractivity contribution in [1.82, 2.24) is 9.88 Å². The van der Waals surface area contributed by atoms with Crippen LogP contribution in [0.15, 0.2) is 23.7 Å². The summed E-state index contributed by atoms with van der Waals surface area (Å²) >= 11 is 1.62. The lowest BCUT2D eigenvalue weighted by atomic mass is 9.96. The molecule has 0 saturated heterocycles. The van der Waals surface area contributed by atoms with Crippen LogP contribution in [0.3, 0.4) is 0 Å².